The molecule has 4 N–H and O–H groups in total. The third-order valence-electron chi connectivity index (χ3n) is 5.45. The molecule has 3 aromatic rings. The SMILES string of the molecule is Nc1nc(C(=NO)C(=O)N[C@@H]2C(=O)N3C(C(=O)[O-])=C(C[n+]4cccc(-c5ncno5)c4)CS[C@@H]23)cs1. The number of rotatable bonds is 7. The van der Waals surface area contributed by atoms with E-state index in [-0.39, 0.29) is 28.8 Å². The van der Waals surface area contributed by atoms with E-state index in [4.69, 9.17) is 10.3 Å². The molecule has 1 saturated heterocycles. The Kier molecular flexibility index (Phi) is 6.11. The zero-order valence-electron chi connectivity index (χ0n) is 18.1. The van der Waals surface area contributed by atoms with E-state index in [1.165, 1.54) is 23.5 Å². The third-order valence-corrected chi connectivity index (χ3v) is 7.46. The summed E-state index contributed by atoms with van der Waals surface area (Å²) < 4.78 is 6.79. The lowest BCUT2D eigenvalue weighted by molar-refractivity contribution is -0.688. The number of aliphatic carboxylic acids is 1. The number of amides is 2. The molecule has 0 bridgehead atoms. The standard InChI is InChI=1S/C20H16N8O6S2/c21-20-24-11(7-36-20)12(26-33)15(29)25-13-17(30)28-14(19(31)32)10(6-35-18(13)28)5-27-3-1-2-9(4-27)16-22-8-23-34-16/h1-4,7-8,13,18H,5-6H2,(H4-,21,24,25,29,31,32,33)/t13-,18+/m1/s1. The first-order valence-electron chi connectivity index (χ1n) is 10.3. The first-order valence-corrected chi connectivity index (χ1v) is 12.2. The van der Waals surface area contributed by atoms with Crippen molar-refractivity contribution in [1.29, 1.82) is 0 Å². The van der Waals surface area contributed by atoms with Crippen LogP contribution >= 0.6 is 23.1 Å². The molecule has 2 aliphatic rings. The van der Waals surface area contributed by atoms with Crippen molar-refractivity contribution in [2.45, 2.75) is 18.0 Å². The van der Waals surface area contributed by atoms with Crippen molar-refractivity contribution in [3.8, 4) is 11.5 Å². The van der Waals surface area contributed by atoms with Crippen LogP contribution in [0.4, 0.5) is 5.13 Å². The van der Waals surface area contributed by atoms with Crippen LogP contribution in [0.15, 0.2) is 57.2 Å². The number of carboxylic acids is 1. The van der Waals surface area contributed by atoms with Crippen molar-refractivity contribution in [3.05, 3.63) is 53.2 Å². The van der Waals surface area contributed by atoms with E-state index in [9.17, 15) is 24.7 Å². The number of nitrogen functional groups attached to an aromatic ring is 1. The number of fused-ring (bicyclic) bond motifs is 1. The number of nitrogens with zero attached hydrogens (tertiary/aromatic N) is 6. The Morgan fingerprint density at radius 2 is 2.28 bits per heavy atom. The zero-order valence-corrected chi connectivity index (χ0v) is 19.7. The predicted molar refractivity (Wildman–Crippen MR) is 122 cm³/mol. The Bertz CT molecular complexity index is 1420. The molecular weight excluding hydrogens is 512 g/mol. The lowest BCUT2D eigenvalue weighted by Gasteiger charge is -2.50. The molecule has 2 atom stereocenters. The van der Waals surface area contributed by atoms with Crippen LogP contribution in [0.3, 0.4) is 0 Å². The highest BCUT2D eigenvalue weighted by atomic mass is 32.2. The van der Waals surface area contributed by atoms with Gasteiger partial charge in [-0.1, -0.05) is 10.3 Å². The van der Waals surface area contributed by atoms with Crippen LogP contribution < -0.4 is 20.7 Å². The Labute approximate surface area is 210 Å². The summed E-state index contributed by atoms with van der Waals surface area (Å²) in [5.41, 5.74) is 6.05. The van der Waals surface area contributed by atoms with Crippen LogP contribution in [-0.2, 0) is 20.9 Å². The summed E-state index contributed by atoms with van der Waals surface area (Å²) in [6.45, 7) is 0.165. The molecule has 5 heterocycles. The highest BCUT2D eigenvalue weighted by Crippen LogP contribution is 2.40. The molecule has 2 amide bonds. The molecule has 0 unspecified atom stereocenters. The summed E-state index contributed by atoms with van der Waals surface area (Å²) in [4.78, 5) is 46.6. The zero-order chi connectivity index (χ0) is 25.4. The molecule has 16 heteroatoms. The third kappa shape index (κ3) is 4.16. The van der Waals surface area contributed by atoms with Crippen LogP contribution in [0.5, 0.6) is 0 Å². The molecule has 2 aliphatic heterocycles. The van der Waals surface area contributed by atoms with E-state index in [0.717, 1.165) is 16.2 Å². The van der Waals surface area contributed by atoms with Gasteiger partial charge in [0.15, 0.2) is 36.1 Å². The van der Waals surface area contributed by atoms with Gasteiger partial charge in [-0.25, -0.2) is 9.55 Å². The normalized spacial score (nSPS) is 19.6. The second-order valence-electron chi connectivity index (χ2n) is 7.63. The van der Waals surface area contributed by atoms with E-state index in [1.807, 2.05) is 0 Å². The number of anilines is 1. The summed E-state index contributed by atoms with van der Waals surface area (Å²) in [7, 11) is 0. The molecule has 0 saturated carbocycles. The van der Waals surface area contributed by atoms with Crippen molar-refractivity contribution in [2.75, 3.05) is 11.5 Å². The topological polar surface area (TPSA) is 204 Å². The molecule has 14 nitrogen and oxygen atoms in total. The van der Waals surface area contributed by atoms with E-state index in [2.05, 4.69) is 25.6 Å². The van der Waals surface area contributed by atoms with E-state index in [1.54, 1.807) is 29.1 Å². The van der Waals surface area contributed by atoms with E-state index >= 15 is 0 Å². The average molecular weight is 529 g/mol. The van der Waals surface area contributed by atoms with Crippen molar-refractivity contribution >= 4 is 51.7 Å². The van der Waals surface area contributed by atoms with Gasteiger partial charge in [-0.05, 0) is 6.07 Å². The maximum Gasteiger partial charge on any atom is 0.276 e. The van der Waals surface area contributed by atoms with Gasteiger partial charge in [0.2, 0.25) is 0 Å². The van der Waals surface area contributed by atoms with Crippen LogP contribution in [-0.4, -0.2) is 65.9 Å². The fourth-order valence-electron chi connectivity index (χ4n) is 3.88. The summed E-state index contributed by atoms with van der Waals surface area (Å²) in [6, 6.07) is 2.48. The Hall–Kier alpha value is -4.31. The minimum atomic E-state index is -1.50. The van der Waals surface area contributed by atoms with E-state index in [0.29, 0.717) is 17.0 Å². The molecular formula is C20H16N8O6S2. The van der Waals surface area contributed by atoms with Crippen molar-refractivity contribution in [3.63, 3.8) is 0 Å². The van der Waals surface area contributed by atoms with Gasteiger partial charge in [-0.3, -0.25) is 14.5 Å². The number of hydrogen-bond donors (Lipinski definition) is 3. The summed E-state index contributed by atoms with van der Waals surface area (Å²) in [5, 5.41) is 31.3. The smallest absolute Gasteiger partial charge is 0.276 e. The highest BCUT2D eigenvalue weighted by Gasteiger charge is 2.53. The quantitative estimate of drug-likeness (QED) is 0.104. The largest absolute Gasteiger partial charge is 0.543 e. The maximum atomic E-state index is 12.9. The molecule has 1 fully saturated rings. The number of aromatic nitrogens is 4. The molecule has 0 spiro atoms. The summed E-state index contributed by atoms with van der Waals surface area (Å²) in [6.07, 6.45) is 4.72. The van der Waals surface area contributed by atoms with Gasteiger partial charge in [-0.2, -0.15) is 4.98 Å². The first-order chi connectivity index (χ1) is 17.4. The Morgan fingerprint density at radius 3 is 2.94 bits per heavy atom. The first kappa shape index (κ1) is 23.4. The minimum Gasteiger partial charge on any atom is -0.543 e. The van der Waals surface area contributed by atoms with Crippen LogP contribution in [0.1, 0.15) is 5.69 Å². The van der Waals surface area contributed by atoms with Gasteiger partial charge in [0, 0.05) is 22.8 Å². The molecule has 0 aromatic carbocycles. The minimum absolute atomic E-state index is 0.0508. The molecule has 184 valence electrons. The average Bonchev–Trinajstić information content (AvgIpc) is 3.55. The number of oxime groups is 1. The number of carboxylic acid groups (broad SMARTS) is 1. The predicted octanol–water partition coefficient (Wildman–Crippen LogP) is -1.65. The lowest BCUT2D eigenvalue weighted by Crippen LogP contribution is -2.71. The van der Waals surface area contributed by atoms with Gasteiger partial charge in [-0.15, -0.1) is 23.1 Å². The Morgan fingerprint density at radius 1 is 1.44 bits per heavy atom. The number of nitrogens with two attached hydrogens (primary N) is 1. The van der Waals surface area contributed by atoms with Crippen molar-refractivity contribution in [1.82, 2.24) is 25.3 Å². The van der Waals surface area contributed by atoms with Gasteiger partial charge in [0.25, 0.3) is 17.7 Å². The highest BCUT2D eigenvalue weighted by molar-refractivity contribution is 8.00. The fraction of sp³-hybridized carbons (Fsp3) is 0.200. The lowest BCUT2D eigenvalue weighted by atomic mass is 10.0. The number of thioether (sulfide) groups is 1. The number of carbonyl (C=O) groups excluding carboxylic acids is 3. The van der Waals surface area contributed by atoms with Gasteiger partial charge < -0.3 is 30.7 Å². The fourth-order valence-corrected chi connectivity index (χ4v) is 5.76. The maximum absolute atomic E-state index is 12.9. The Balaban J connectivity index is 1.34. The summed E-state index contributed by atoms with van der Waals surface area (Å²) >= 11 is 2.34. The number of nitrogens with one attached hydrogen (secondary N) is 1. The van der Waals surface area contributed by atoms with Crippen molar-refractivity contribution in [2.24, 2.45) is 5.16 Å². The number of thiazole rings is 1. The molecule has 5 rings (SSSR count). The van der Waals surface area contributed by atoms with Gasteiger partial charge >= 0.3 is 0 Å². The number of β-lactam (4-membered cyclic amide) rings is 1. The van der Waals surface area contributed by atoms with Crippen LogP contribution in [0.2, 0.25) is 0 Å². The number of pyridine rings is 1. The van der Waals surface area contributed by atoms with Gasteiger partial charge in [0.1, 0.15) is 22.7 Å². The van der Waals surface area contributed by atoms with Crippen LogP contribution in [0, 0.1) is 0 Å². The molecule has 36 heavy (non-hydrogen) atoms. The van der Waals surface area contributed by atoms with Gasteiger partial charge in [0.05, 0.1) is 11.7 Å². The molecule has 0 aliphatic carbocycles. The number of hydrogen-bond acceptors (Lipinski definition) is 13. The summed E-state index contributed by atoms with van der Waals surface area (Å²) in [5.74, 6) is -2.40. The molecule has 3 aromatic heterocycles. The van der Waals surface area contributed by atoms with E-state index < -0.39 is 34.9 Å². The second kappa shape index (κ2) is 9.38. The molecule has 0 radical (unpaired) electrons. The monoisotopic (exact) mass is 528 g/mol. The van der Waals surface area contributed by atoms with Crippen LogP contribution in [0.25, 0.3) is 11.5 Å². The number of carbonyl (C=O) groups is 3. The second-order valence-corrected chi connectivity index (χ2v) is 9.63. The van der Waals surface area contributed by atoms with Crippen molar-refractivity contribution < 1.29 is 33.8 Å².